The number of carboxylic acid groups (broad SMARTS) is 1. The molecule has 0 spiro atoms. The second kappa shape index (κ2) is 6.99. The molecule has 0 bridgehead atoms. The molecule has 0 fully saturated rings. The lowest BCUT2D eigenvalue weighted by atomic mass is 9.99. The summed E-state index contributed by atoms with van der Waals surface area (Å²) in [5.41, 5.74) is 1.39. The van der Waals surface area contributed by atoms with E-state index in [0.717, 1.165) is 10.6 Å². The summed E-state index contributed by atoms with van der Waals surface area (Å²) in [6.45, 7) is 1.81. The van der Waals surface area contributed by atoms with E-state index in [4.69, 9.17) is 5.11 Å². The van der Waals surface area contributed by atoms with Crippen LogP contribution in [0.5, 0.6) is 0 Å². The molecular formula is C15H16N2O3S. The number of carbonyl (C=O) groups excluding carboxylic acids is 1. The number of aliphatic carboxylic acids is 1. The van der Waals surface area contributed by atoms with Gasteiger partial charge in [-0.15, -0.1) is 11.3 Å². The first-order valence-electron chi connectivity index (χ1n) is 6.53. The number of hydrogen-bond acceptors (Lipinski definition) is 4. The van der Waals surface area contributed by atoms with Gasteiger partial charge < -0.3 is 10.4 Å². The van der Waals surface area contributed by atoms with Crippen LogP contribution in [0, 0.1) is 6.92 Å². The molecule has 2 aromatic rings. The Morgan fingerprint density at radius 3 is 2.76 bits per heavy atom. The van der Waals surface area contributed by atoms with Gasteiger partial charge in [-0.2, -0.15) is 0 Å². The van der Waals surface area contributed by atoms with Crippen molar-refractivity contribution in [3.63, 3.8) is 0 Å². The van der Waals surface area contributed by atoms with E-state index in [1.807, 2.05) is 24.4 Å². The number of carbonyl (C=O) groups is 2. The van der Waals surface area contributed by atoms with Crippen molar-refractivity contribution in [2.75, 3.05) is 5.32 Å². The highest BCUT2D eigenvalue weighted by molar-refractivity contribution is 7.10. The van der Waals surface area contributed by atoms with Crippen LogP contribution >= 0.6 is 11.3 Å². The normalized spacial score (nSPS) is 11.9. The number of thiophene rings is 1. The maximum absolute atomic E-state index is 12.1. The van der Waals surface area contributed by atoms with Crippen molar-refractivity contribution in [3.8, 4) is 0 Å². The zero-order valence-electron chi connectivity index (χ0n) is 11.6. The number of anilines is 1. The molecule has 2 N–H and O–H groups in total. The number of aromatic nitrogens is 1. The SMILES string of the molecule is Cc1ncccc1NC(=O)C[C@H](CC(=O)O)c1cccs1. The zero-order valence-corrected chi connectivity index (χ0v) is 12.4. The molecule has 1 atom stereocenters. The molecule has 21 heavy (non-hydrogen) atoms. The summed E-state index contributed by atoms with van der Waals surface area (Å²) in [6, 6.07) is 7.24. The van der Waals surface area contributed by atoms with Gasteiger partial charge in [-0.05, 0) is 30.5 Å². The van der Waals surface area contributed by atoms with Crippen molar-refractivity contribution >= 4 is 28.9 Å². The van der Waals surface area contributed by atoms with Crippen LogP contribution in [-0.2, 0) is 9.59 Å². The third kappa shape index (κ3) is 4.39. The number of nitrogens with one attached hydrogen (secondary N) is 1. The van der Waals surface area contributed by atoms with Crippen molar-refractivity contribution in [2.45, 2.75) is 25.7 Å². The van der Waals surface area contributed by atoms with Gasteiger partial charge in [-0.3, -0.25) is 14.6 Å². The molecule has 2 aromatic heterocycles. The van der Waals surface area contributed by atoms with E-state index in [0.29, 0.717) is 5.69 Å². The Kier molecular flexibility index (Phi) is 5.05. The maximum atomic E-state index is 12.1. The smallest absolute Gasteiger partial charge is 0.304 e. The van der Waals surface area contributed by atoms with Gasteiger partial charge in [-0.25, -0.2) is 0 Å². The first kappa shape index (κ1) is 15.2. The van der Waals surface area contributed by atoms with E-state index in [1.165, 1.54) is 11.3 Å². The van der Waals surface area contributed by atoms with Gasteiger partial charge in [0.1, 0.15) is 0 Å². The van der Waals surface area contributed by atoms with Crippen LogP contribution in [0.1, 0.15) is 29.3 Å². The fourth-order valence-electron chi connectivity index (χ4n) is 2.05. The predicted molar refractivity (Wildman–Crippen MR) is 81.5 cm³/mol. The highest BCUT2D eigenvalue weighted by Gasteiger charge is 2.20. The summed E-state index contributed by atoms with van der Waals surface area (Å²) in [7, 11) is 0. The Morgan fingerprint density at radius 2 is 2.14 bits per heavy atom. The van der Waals surface area contributed by atoms with Gasteiger partial charge in [0.25, 0.3) is 0 Å². The van der Waals surface area contributed by atoms with E-state index in [1.54, 1.807) is 18.3 Å². The Morgan fingerprint density at radius 1 is 1.33 bits per heavy atom. The molecule has 0 aromatic carbocycles. The molecule has 0 aliphatic carbocycles. The van der Waals surface area contributed by atoms with Crippen molar-refractivity contribution < 1.29 is 14.7 Å². The van der Waals surface area contributed by atoms with E-state index in [2.05, 4.69) is 10.3 Å². The largest absolute Gasteiger partial charge is 0.481 e. The van der Waals surface area contributed by atoms with Gasteiger partial charge >= 0.3 is 5.97 Å². The molecule has 110 valence electrons. The molecule has 5 nitrogen and oxygen atoms in total. The molecule has 0 saturated heterocycles. The standard InChI is InChI=1S/C15H16N2O3S/c1-10-12(4-2-6-16-10)17-14(18)8-11(9-15(19)20)13-5-3-7-21-13/h2-7,11H,8-9H2,1H3,(H,17,18)(H,19,20)/t11-/m1/s1. The molecular weight excluding hydrogens is 288 g/mol. The maximum Gasteiger partial charge on any atom is 0.304 e. The number of rotatable bonds is 6. The number of hydrogen-bond donors (Lipinski definition) is 2. The number of pyridine rings is 1. The molecule has 0 saturated carbocycles. The minimum atomic E-state index is -0.904. The zero-order chi connectivity index (χ0) is 15.2. The van der Waals surface area contributed by atoms with Crippen LogP contribution in [0.4, 0.5) is 5.69 Å². The number of carboxylic acids is 1. The summed E-state index contributed by atoms with van der Waals surface area (Å²) in [5.74, 6) is -1.41. The lowest BCUT2D eigenvalue weighted by molar-refractivity contribution is -0.137. The topological polar surface area (TPSA) is 79.3 Å². The van der Waals surface area contributed by atoms with Crippen molar-refractivity contribution in [1.29, 1.82) is 0 Å². The van der Waals surface area contributed by atoms with Gasteiger partial charge in [0.2, 0.25) is 5.91 Å². The molecule has 6 heteroatoms. The fraction of sp³-hybridized carbons (Fsp3) is 0.267. The van der Waals surface area contributed by atoms with Crippen LogP contribution in [0.25, 0.3) is 0 Å². The van der Waals surface area contributed by atoms with Gasteiger partial charge in [0.05, 0.1) is 17.8 Å². The number of aryl methyl sites for hydroxylation is 1. The van der Waals surface area contributed by atoms with Crippen LogP contribution in [-0.4, -0.2) is 22.0 Å². The van der Waals surface area contributed by atoms with Crippen molar-refractivity contribution in [2.24, 2.45) is 0 Å². The fourth-order valence-corrected chi connectivity index (χ4v) is 2.88. The molecule has 0 aliphatic heterocycles. The first-order valence-corrected chi connectivity index (χ1v) is 7.41. The molecule has 1 amide bonds. The Hall–Kier alpha value is -2.21. The van der Waals surface area contributed by atoms with Crippen LogP contribution in [0.3, 0.4) is 0 Å². The summed E-state index contributed by atoms with van der Waals surface area (Å²) >= 11 is 1.47. The highest BCUT2D eigenvalue weighted by Crippen LogP contribution is 2.28. The summed E-state index contributed by atoms with van der Waals surface area (Å²) in [5, 5.41) is 13.7. The monoisotopic (exact) mass is 304 g/mol. The molecule has 0 aliphatic rings. The molecule has 0 radical (unpaired) electrons. The second-order valence-electron chi connectivity index (χ2n) is 4.70. The summed E-state index contributed by atoms with van der Waals surface area (Å²) in [4.78, 5) is 28.1. The number of amides is 1. The Bertz CT molecular complexity index is 626. The summed E-state index contributed by atoms with van der Waals surface area (Å²) in [6.07, 6.45) is 1.74. The average molecular weight is 304 g/mol. The molecule has 2 heterocycles. The Balaban J connectivity index is 2.05. The first-order chi connectivity index (χ1) is 10.1. The quantitative estimate of drug-likeness (QED) is 0.859. The second-order valence-corrected chi connectivity index (χ2v) is 5.68. The lowest BCUT2D eigenvalue weighted by Gasteiger charge is -2.13. The average Bonchev–Trinajstić information content (AvgIpc) is 2.94. The molecule has 0 unspecified atom stereocenters. The minimum Gasteiger partial charge on any atom is -0.481 e. The third-order valence-corrected chi connectivity index (χ3v) is 4.11. The van der Waals surface area contributed by atoms with Crippen molar-refractivity contribution in [3.05, 3.63) is 46.4 Å². The van der Waals surface area contributed by atoms with Crippen LogP contribution in [0.15, 0.2) is 35.8 Å². The highest BCUT2D eigenvalue weighted by atomic mass is 32.1. The summed E-state index contributed by atoms with van der Waals surface area (Å²) < 4.78 is 0. The van der Waals surface area contributed by atoms with Gasteiger partial charge in [0.15, 0.2) is 0 Å². The van der Waals surface area contributed by atoms with Crippen LogP contribution in [0.2, 0.25) is 0 Å². The van der Waals surface area contributed by atoms with Gasteiger partial charge in [0, 0.05) is 23.4 Å². The van der Waals surface area contributed by atoms with Crippen molar-refractivity contribution in [1.82, 2.24) is 4.98 Å². The van der Waals surface area contributed by atoms with E-state index < -0.39 is 5.97 Å². The Labute approximate surface area is 126 Å². The van der Waals surface area contributed by atoms with Gasteiger partial charge in [-0.1, -0.05) is 6.07 Å². The third-order valence-electron chi connectivity index (χ3n) is 3.08. The van der Waals surface area contributed by atoms with E-state index in [9.17, 15) is 9.59 Å². The van der Waals surface area contributed by atoms with Crippen LogP contribution < -0.4 is 5.32 Å². The lowest BCUT2D eigenvalue weighted by Crippen LogP contribution is -2.17. The van der Waals surface area contributed by atoms with E-state index >= 15 is 0 Å². The van der Waals surface area contributed by atoms with E-state index in [-0.39, 0.29) is 24.7 Å². The minimum absolute atomic E-state index is 0.0556. The number of nitrogens with zero attached hydrogens (tertiary/aromatic N) is 1. The predicted octanol–water partition coefficient (Wildman–Crippen LogP) is 3.04. The molecule has 2 rings (SSSR count).